The molecule has 3 nitrogen and oxygen atoms in total. The molecule has 0 saturated carbocycles. The third-order valence-electron chi connectivity index (χ3n) is 7.03. The van der Waals surface area contributed by atoms with Gasteiger partial charge in [-0.25, -0.2) is 4.57 Å². The summed E-state index contributed by atoms with van der Waals surface area (Å²) in [5.41, 5.74) is 8.08. The molecule has 3 heterocycles. The van der Waals surface area contributed by atoms with E-state index in [0.717, 1.165) is 22.2 Å². The monoisotopic (exact) mass is 439 g/mol. The van der Waals surface area contributed by atoms with Gasteiger partial charge in [0.05, 0.1) is 28.2 Å². The Labute approximate surface area is 197 Å². The lowest BCUT2D eigenvalue weighted by molar-refractivity contribution is -0.659. The summed E-state index contributed by atoms with van der Waals surface area (Å²) in [4.78, 5) is 0. The molecule has 0 radical (unpaired) electrons. The highest BCUT2D eigenvalue weighted by atomic mass is 16.3. The van der Waals surface area contributed by atoms with E-state index in [9.17, 15) is 0 Å². The van der Waals surface area contributed by atoms with Crippen LogP contribution in [0.25, 0.3) is 60.5 Å². The first-order valence-electron chi connectivity index (χ1n) is 11.6. The Bertz CT molecular complexity index is 1830. The zero-order valence-electron chi connectivity index (χ0n) is 19.1. The fraction of sp³-hybridized carbons (Fsp3) is 0.0645. The zero-order chi connectivity index (χ0) is 22.8. The topological polar surface area (TPSA) is 21.9 Å². The fourth-order valence-corrected chi connectivity index (χ4v) is 5.44. The van der Waals surface area contributed by atoms with Crippen molar-refractivity contribution in [3.63, 3.8) is 0 Å². The molecular weight excluding hydrogens is 416 g/mol. The van der Waals surface area contributed by atoms with Crippen LogP contribution < -0.4 is 4.57 Å². The fourth-order valence-electron chi connectivity index (χ4n) is 5.44. The molecule has 0 atom stereocenters. The van der Waals surface area contributed by atoms with Gasteiger partial charge in [-0.1, -0.05) is 48.5 Å². The number of hydrogen-bond donors (Lipinski definition) is 0. The van der Waals surface area contributed by atoms with Crippen molar-refractivity contribution in [3.8, 4) is 16.9 Å². The van der Waals surface area contributed by atoms with Gasteiger partial charge < -0.3 is 8.98 Å². The molecule has 0 fully saturated rings. The minimum absolute atomic E-state index is 0.939. The molecule has 7 aromatic rings. The Balaban J connectivity index is 1.53. The highest BCUT2D eigenvalue weighted by molar-refractivity contribution is 6.09. The number of rotatable bonds is 2. The van der Waals surface area contributed by atoms with E-state index in [-0.39, 0.29) is 0 Å². The van der Waals surface area contributed by atoms with E-state index in [1.165, 1.54) is 43.8 Å². The van der Waals surface area contributed by atoms with Crippen molar-refractivity contribution in [1.29, 1.82) is 0 Å². The standard InChI is InChI=1S/C31H23N2O/c1-20-11-12-21-16-18-34-31(21)29(20)30-24-14-13-23(19-22(24)15-17-32(30)2)33-27-9-5-3-7-25(27)26-8-4-6-10-28(26)33/h3-19H,1-2H3/q+1. The van der Waals surface area contributed by atoms with Crippen LogP contribution in [0.3, 0.4) is 0 Å². The van der Waals surface area contributed by atoms with Crippen molar-refractivity contribution in [3.05, 3.63) is 109 Å². The lowest BCUT2D eigenvalue weighted by atomic mass is 9.97. The van der Waals surface area contributed by atoms with Crippen LogP contribution in [-0.2, 0) is 7.05 Å². The maximum atomic E-state index is 5.95. The normalized spacial score (nSPS) is 11.8. The lowest BCUT2D eigenvalue weighted by Crippen LogP contribution is -2.30. The summed E-state index contributed by atoms with van der Waals surface area (Å²) in [5, 5.41) is 6.09. The van der Waals surface area contributed by atoms with Crippen LogP contribution in [0, 0.1) is 6.92 Å². The Morgan fingerprint density at radius 1 is 0.706 bits per heavy atom. The number of aromatic nitrogens is 2. The van der Waals surface area contributed by atoms with Crippen LogP contribution >= 0.6 is 0 Å². The molecule has 0 spiro atoms. The predicted molar refractivity (Wildman–Crippen MR) is 139 cm³/mol. The quantitative estimate of drug-likeness (QED) is 0.256. The van der Waals surface area contributed by atoms with E-state index in [4.69, 9.17) is 4.42 Å². The largest absolute Gasteiger partial charge is 0.463 e. The number of hydrogen-bond acceptors (Lipinski definition) is 1. The first-order chi connectivity index (χ1) is 16.7. The molecule has 4 aromatic carbocycles. The number of fused-ring (bicyclic) bond motifs is 5. The molecule has 0 aliphatic heterocycles. The van der Waals surface area contributed by atoms with Gasteiger partial charge in [0.2, 0.25) is 5.69 Å². The summed E-state index contributed by atoms with van der Waals surface area (Å²) in [7, 11) is 2.11. The first-order valence-corrected chi connectivity index (χ1v) is 11.6. The van der Waals surface area contributed by atoms with E-state index in [1.54, 1.807) is 6.26 Å². The molecule has 0 unspecified atom stereocenters. The van der Waals surface area contributed by atoms with Gasteiger partial charge in [-0.15, -0.1) is 0 Å². The zero-order valence-corrected chi connectivity index (χ0v) is 19.1. The Morgan fingerprint density at radius 2 is 1.44 bits per heavy atom. The Kier molecular flexibility index (Phi) is 3.97. The summed E-state index contributed by atoms with van der Waals surface area (Å²) in [5.74, 6) is 0. The molecule has 7 rings (SSSR count). The average molecular weight is 440 g/mol. The van der Waals surface area contributed by atoms with Gasteiger partial charge >= 0.3 is 0 Å². The summed E-state index contributed by atoms with van der Waals surface area (Å²) < 4.78 is 10.5. The van der Waals surface area contributed by atoms with Crippen molar-refractivity contribution in [1.82, 2.24) is 4.57 Å². The third kappa shape index (κ3) is 2.61. The molecular formula is C31H23N2O+. The van der Waals surface area contributed by atoms with E-state index in [2.05, 4.69) is 114 Å². The van der Waals surface area contributed by atoms with Gasteiger partial charge in [-0.3, -0.25) is 0 Å². The second kappa shape index (κ2) is 7.06. The van der Waals surface area contributed by atoms with Crippen LogP contribution in [0.4, 0.5) is 0 Å². The van der Waals surface area contributed by atoms with Crippen LogP contribution in [0.2, 0.25) is 0 Å². The molecule has 0 saturated heterocycles. The van der Waals surface area contributed by atoms with Crippen molar-refractivity contribution >= 4 is 43.5 Å². The number of furan rings is 1. The predicted octanol–water partition coefficient (Wildman–Crippen LogP) is 7.48. The highest BCUT2D eigenvalue weighted by Crippen LogP contribution is 2.37. The van der Waals surface area contributed by atoms with E-state index in [0.29, 0.717) is 0 Å². The van der Waals surface area contributed by atoms with E-state index < -0.39 is 0 Å². The number of aryl methyl sites for hydroxylation is 2. The van der Waals surface area contributed by atoms with Gasteiger partial charge in [0, 0.05) is 27.9 Å². The molecule has 3 aromatic heterocycles. The van der Waals surface area contributed by atoms with Gasteiger partial charge in [-0.05, 0) is 54.3 Å². The van der Waals surface area contributed by atoms with Crippen molar-refractivity contribution in [2.45, 2.75) is 6.92 Å². The molecule has 0 aliphatic carbocycles. The lowest BCUT2D eigenvalue weighted by Gasteiger charge is -2.12. The van der Waals surface area contributed by atoms with E-state index >= 15 is 0 Å². The average Bonchev–Trinajstić information content (AvgIpc) is 3.47. The maximum absolute atomic E-state index is 5.95. The summed E-state index contributed by atoms with van der Waals surface area (Å²) in [6.45, 7) is 2.16. The molecule has 3 heteroatoms. The molecule has 0 aliphatic rings. The molecule has 0 N–H and O–H groups in total. The molecule has 162 valence electrons. The SMILES string of the molecule is Cc1ccc2ccoc2c1-c1c2ccc(-n3c4ccccc4c4ccccc43)cc2cc[n+]1C. The second-order valence-electron chi connectivity index (χ2n) is 9.01. The number of pyridine rings is 1. The van der Waals surface area contributed by atoms with Crippen LogP contribution in [-0.4, -0.2) is 4.57 Å². The molecule has 34 heavy (non-hydrogen) atoms. The molecule has 0 amide bonds. The van der Waals surface area contributed by atoms with Crippen molar-refractivity contribution in [2.75, 3.05) is 0 Å². The minimum atomic E-state index is 0.939. The van der Waals surface area contributed by atoms with Gasteiger partial charge in [-0.2, -0.15) is 0 Å². The second-order valence-corrected chi connectivity index (χ2v) is 9.01. The van der Waals surface area contributed by atoms with Gasteiger partial charge in [0.1, 0.15) is 12.6 Å². The van der Waals surface area contributed by atoms with Gasteiger partial charge in [0.15, 0.2) is 6.20 Å². The Hall–Kier alpha value is -4.37. The first kappa shape index (κ1) is 19.1. The van der Waals surface area contributed by atoms with Crippen molar-refractivity contribution < 1.29 is 8.98 Å². The molecule has 0 bridgehead atoms. The maximum Gasteiger partial charge on any atom is 0.224 e. The summed E-state index contributed by atoms with van der Waals surface area (Å²) >= 11 is 0. The van der Waals surface area contributed by atoms with Crippen molar-refractivity contribution in [2.24, 2.45) is 7.05 Å². The van der Waals surface area contributed by atoms with Crippen LogP contribution in [0.1, 0.15) is 5.56 Å². The number of benzene rings is 4. The Morgan fingerprint density at radius 3 is 2.21 bits per heavy atom. The van der Waals surface area contributed by atoms with Crippen LogP contribution in [0.15, 0.2) is 108 Å². The number of para-hydroxylation sites is 2. The third-order valence-corrected chi connectivity index (χ3v) is 7.03. The highest BCUT2D eigenvalue weighted by Gasteiger charge is 2.22. The summed E-state index contributed by atoms with van der Waals surface area (Å²) in [6.07, 6.45) is 3.92. The van der Waals surface area contributed by atoms with Crippen LogP contribution in [0.5, 0.6) is 0 Å². The van der Waals surface area contributed by atoms with E-state index in [1.807, 2.05) is 6.07 Å². The smallest absolute Gasteiger partial charge is 0.224 e. The number of nitrogens with zero attached hydrogens (tertiary/aromatic N) is 2. The minimum Gasteiger partial charge on any atom is -0.463 e. The summed E-state index contributed by atoms with van der Waals surface area (Å²) in [6, 6.07) is 32.6. The van der Waals surface area contributed by atoms with Gasteiger partial charge in [0.25, 0.3) is 0 Å².